The van der Waals surface area contributed by atoms with Crippen LogP contribution < -0.4 is 11.1 Å². The minimum atomic E-state index is -0.968. The van der Waals surface area contributed by atoms with E-state index in [1.165, 1.54) is 6.08 Å². The molecule has 1 fully saturated rings. The molecule has 96 valence electrons. The van der Waals surface area contributed by atoms with Crippen molar-refractivity contribution in [3.63, 3.8) is 0 Å². The average Bonchev–Trinajstić information content (AvgIpc) is 2.27. The maximum Gasteiger partial charge on any atom is 0.328 e. The summed E-state index contributed by atoms with van der Waals surface area (Å²) in [4.78, 5) is 10.4. The zero-order chi connectivity index (χ0) is 13.0. The lowest BCUT2D eigenvalue weighted by Crippen LogP contribution is -2.33. The Morgan fingerprint density at radius 1 is 1.61 bits per heavy atom. The topological polar surface area (TPSA) is 84.6 Å². The van der Waals surface area contributed by atoms with Gasteiger partial charge in [0.15, 0.2) is 0 Å². The van der Waals surface area contributed by atoms with Crippen LogP contribution >= 0.6 is 0 Å². The largest absolute Gasteiger partial charge is 0.478 e. The molecule has 1 saturated heterocycles. The first-order valence-electron chi connectivity index (χ1n) is 5.81. The third kappa shape index (κ3) is 3.24. The van der Waals surface area contributed by atoms with Crippen molar-refractivity contribution in [1.29, 1.82) is 0 Å². The Labute approximate surface area is 105 Å². The van der Waals surface area contributed by atoms with E-state index in [0.29, 0.717) is 5.69 Å². The fourth-order valence-corrected chi connectivity index (χ4v) is 1.67. The number of nitrogen functional groups attached to an aromatic ring is 1. The Hall–Kier alpha value is -2.01. The molecule has 1 aromatic carbocycles. The van der Waals surface area contributed by atoms with Gasteiger partial charge in [-0.2, -0.15) is 0 Å². The third-order valence-corrected chi connectivity index (χ3v) is 2.81. The highest BCUT2D eigenvalue weighted by Gasteiger charge is 2.17. The number of carboxylic acids is 1. The standard InChI is InChI=1S/C13H16N2O3/c14-11-3-1-9(2-4-13(16)17)7-12(11)15-8-10-5-6-18-10/h1-4,7,10,15H,5-6,8,14H2,(H,16,17)/b4-2+. The summed E-state index contributed by atoms with van der Waals surface area (Å²) in [7, 11) is 0. The number of nitrogens with two attached hydrogens (primary N) is 1. The van der Waals surface area contributed by atoms with Gasteiger partial charge in [0, 0.05) is 19.2 Å². The van der Waals surface area contributed by atoms with E-state index in [4.69, 9.17) is 15.6 Å². The van der Waals surface area contributed by atoms with Crippen LogP contribution in [0.25, 0.3) is 6.08 Å². The molecular formula is C13H16N2O3. The molecule has 2 rings (SSSR count). The quantitative estimate of drug-likeness (QED) is 0.544. The minimum absolute atomic E-state index is 0.252. The Kier molecular flexibility index (Phi) is 3.84. The van der Waals surface area contributed by atoms with Gasteiger partial charge in [0.1, 0.15) is 0 Å². The number of ether oxygens (including phenoxy) is 1. The molecule has 1 aliphatic heterocycles. The summed E-state index contributed by atoms with van der Waals surface area (Å²) < 4.78 is 5.31. The molecule has 4 N–H and O–H groups in total. The predicted octanol–water partition coefficient (Wildman–Crippen LogP) is 1.57. The second-order valence-corrected chi connectivity index (χ2v) is 4.18. The maximum absolute atomic E-state index is 10.4. The van der Waals surface area contributed by atoms with Gasteiger partial charge < -0.3 is 20.9 Å². The van der Waals surface area contributed by atoms with Gasteiger partial charge in [-0.3, -0.25) is 0 Å². The van der Waals surface area contributed by atoms with Crippen LogP contribution in [-0.4, -0.2) is 30.3 Å². The maximum atomic E-state index is 10.4. The third-order valence-electron chi connectivity index (χ3n) is 2.81. The van der Waals surface area contributed by atoms with Crippen molar-refractivity contribution in [3.8, 4) is 0 Å². The Bertz CT molecular complexity index is 467. The fraction of sp³-hybridized carbons (Fsp3) is 0.308. The van der Waals surface area contributed by atoms with Crippen molar-refractivity contribution in [1.82, 2.24) is 0 Å². The molecule has 1 aliphatic rings. The summed E-state index contributed by atoms with van der Waals surface area (Å²) in [6.07, 6.45) is 3.95. The van der Waals surface area contributed by atoms with E-state index in [2.05, 4.69) is 5.32 Å². The lowest BCUT2D eigenvalue weighted by atomic mass is 10.1. The van der Waals surface area contributed by atoms with Crippen LogP contribution in [0, 0.1) is 0 Å². The second kappa shape index (κ2) is 5.55. The molecule has 0 spiro atoms. The summed E-state index contributed by atoms with van der Waals surface area (Å²) in [6.45, 7) is 1.54. The van der Waals surface area contributed by atoms with E-state index < -0.39 is 5.97 Å². The Morgan fingerprint density at radius 3 is 3.00 bits per heavy atom. The molecule has 0 amide bonds. The van der Waals surface area contributed by atoms with Gasteiger partial charge in [0.05, 0.1) is 17.5 Å². The van der Waals surface area contributed by atoms with Crippen LogP contribution in [0.15, 0.2) is 24.3 Å². The van der Waals surface area contributed by atoms with Crippen molar-refractivity contribution in [2.45, 2.75) is 12.5 Å². The number of hydrogen-bond acceptors (Lipinski definition) is 4. The van der Waals surface area contributed by atoms with Crippen LogP contribution in [0.3, 0.4) is 0 Å². The predicted molar refractivity (Wildman–Crippen MR) is 70.4 cm³/mol. The zero-order valence-electron chi connectivity index (χ0n) is 9.93. The van der Waals surface area contributed by atoms with Gasteiger partial charge >= 0.3 is 5.97 Å². The number of hydrogen-bond donors (Lipinski definition) is 3. The number of benzene rings is 1. The smallest absolute Gasteiger partial charge is 0.328 e. The van der Waals surface area contributed by atoms with Gasteiger partial charge in [-0.15, -0.1) is 0 Å². The summed E-state index contributed by atoms with van der Waals surface area (Å²) in [5.74, 6) is -0.968. The normalized spacial score (nSPS) is 18.6. The summed E-state index contributed by atoms with van der Waals surface area (Å²) in [5, 5.41) is 11.8. The highest BCUT2D eigenvalue weighted by Crippen LogP contribution is 2.22. The summed E-state index contributed by atoms with van der Waals surface area (Å²) >= 11 is 0. The van der Waals surface area contributed by atoms with Crippen molar-refractivity contribution in [2.75, 3.05) is 24.2 Å². The van der Waals surface area contributed by atoms with Gasteiger partial charge in [0.25, 0.3) is 0 Å². The molecular weight excluding hydrogens is 232 g/mol. The molecule has 1 atom stereocenters. The van der Waals surface area contributed by atoms with E-state index >= 15 is 0 Å². The van der Waals surface area contributed by atoms with E-state index in [0.717, 1.165) is 36.9 Å². The molecule has 1 aromatic rings. The molecule has 1 heterocycles. The second-order valence-electron chi connectivity index (χ2n) is 4.18. The number of aliphatic carboxylic acids is 1. The first-order chi connectivity index (χ1) is 8.65. The molecule has 0 saturated carbocycles. The van der Waals surface area contributed by atoms with Crippen LogP contribution in [0.1, 0.15) is 12.0 Å². The van der Waals surface area contributed by atoms with E-state index in [1.54, 1.807) is 12.1 Å². The average molecular weight is 248 g/mol. The SMILES string of the molecule is Nc1ccc(/C=C/C(=O)O)cc1NCC1CCO1. The van der Waals surface area contributed by atoms with Crippen molar-refractivity contribution in [2.24, 2.45) is 0 Å². The first kappa shape index (κ1) is 12.4. The van der Waals surface area contributed by atoms with Crippen molar-refractivity contribution >= 4 is 23.4 Å². The van der Waals surface area contributed by atoms with Crippen molar-refractivity contribution < 1.29 is 14.6 Å². The highest BCUT2D eigenvalue weighted by molar-refractivity contribution is 5.86. The van der Waals surface area contributed by atoms with Crippen LogP contribution in [0.5, 0.6) is 0 Å². The van der Waals surface area contributed by atoms with Gasteiger partial charge in [-0.05, 0) is 30.2 Å². The first-order valence-corrected chi connectivity index (χ1v) is 5.81. The molecule has 0 aliphatic carbocycles. The van der Waals surface area contributed by atoms with Crippen LogP contribution in [0.4, 0.5) is 11.4 Å². The van der Waals surface area contributed by atoms with Crippen LogP contribution in [-0.2, 0) is 9.53 Å². The number of carboxylic acid groups (broad SMARTS) is 1. The van der Waals surface area contributed by atoms with Gasteiger partial charge in [0.2, 0.25) is 0 Å². The van der Waals surface area contributed by atoms with E-state index in [-0.39, 0.29) is 6.10 Å². The zero-order valence-corrected chi connectivity index (χ0v) is 9.93. The number of carbonyl (C=O) groups is 1. The summed E-state index contributed by atoms with van der Waals surface area (Å²) in [5.41, 5.74) is 8.09. The molecule has 1 unspecified atom stereocenters. The molecule has 5 heteroatoms. The lowest BCUT2D eigenvalue weighted by Gasteiger charge is -2.27. The van der Waals surface area contributed by atoms with Crippen LogP contribution in [0.2, 0.25) is 0 Å². The number of anilines is 2. The lowest BCUT2D eigenvalue weighted by molar-refractivity contribution is -0.131. The van der Waals surface area contributed by atoms with Crippen molar-refractivity contribution in [3.05, 3.63) is 29.8 Å². The van der Waals surface area contributed by atoms with E-state index in [1.807, 2.05) is 6.07 Å². The molecule has 5 nitrogen and oxygen atoms in total. The monoisotopic (exact) mass is 248 g/mol. The molecule has 0 bridgehead atoms. The Morgan fingerprint density at radius 2 is 2.39 bits per heavy atom. The summed E-state index contributed by atoms with van der Waals surface area (Å²) in [6, 6.07) is 5.36. The Balaban J connectivity index is 2.03. The molecule has 0 radical (unpaired) electrons. The molecule has 0 aromatic heterocycles. The fourth-order valence-electron chi connectivity index (χ4n) is 1.67. The minimum Gasteiger partial charge on any atom is -0.478 e. The van der Waals surface area contributed by atoms with Gasteiger partial charge in [-0.1, -0.05) is 6.07 Å². The van der Waals surface area contributed by atoms with E-state index in [9.17, 15) is 4.79 Å². The van der Waals surface area contributed by atoms with Gasteiger partial charge in [-0.25, -0.2) is 4.79 Å². The number of nitrogens with one attached hydrogen (secondary N) is 1. The number of rotatable bonds is 5. The highest BCUT2D eigenvalue weighted by atomic mass is 16.5. The molecule has 18 heavy (non-hydrogen) atoms.